The zero-order valence-corrected chi connectivity index (χ0v) is 17.5. The van der Waals surface area contributed by atoms with E-state index in [0.717, 1.165) is 5.52 Å². The van der Waals surface area contributed by atoms with E-state index >= 15 is 0 Å². The molecule has 0 aliphatic carbocycles. The molecule has 0 unspecified atom stereocenters. The quantitative estimate of drug-likeness (QED) is 0.395. The van der Waals surface area contributed by atoms with Gasteiger partial charge in [-0.05, 0) is 24.3 Å². The third-order valence-corrected chi connectivity index (χ3v) is 5.43. The highest BCUT2D eigenvalue weighted by Crippen LogP contribution is 2.27. The number of benzene rings is 2. The van der Waals surface area contributed by atoms with Crippen LogP contribution >= 0.6 is 34.5 Å². The van der Waals surface area contributed by atoms with E-state index in [4.69, 9.17) is 32.7 Å². The zero-order chi connectivity index (χ0) is 21.0. The molecule has 2 aromatic carbocycles. The summed E-state index contributed by atoms with van der Waals surface area (Å²) in [4.78, 5) is 27.4. The van der Waals surface area contributed by atoms with Gasteiger partial charge < -0.3 is 14.0 Å². The summed E-state index contributed by atoms with van der Waals surface area (Å²) in [5.74, 6) is -0.206. The molecule has 0 aliphatic rings. The van der Waals surface area contributed by atoms with Crippen molar-refractivity contribution in [2.75, 3.05) is 20.3 Å². The van der Waals surface area contributed by atoms with Crippen molar-refractivity contribution in [1.29, 1.82) is 0 Å². The van der Waals surface area contributed by atoms with Gasteiger partial charge in [-0.1, -0.05) is 34.5 Å². The van der Waals surface area contributed by atoms with Gasteiger partial charge in [0.05, 0.1) is 26.8 Å². The lowest BCUT2D eigenvalue weighted by Gasteiger charge is -2.06. The Balaban J connectivity index is 1.90. The topological polar surface area (TPSA) is 96.0 Å². The normalized spacial score (nSPS) is 11.8. The van der Waals surface area contributed by atoms with Crippen molar-refractivity contribution in [1.82, 2.24) is 4.57 Å². The van der Waals surface area contributed by atoms with E-state index in [9.17, 15) is 14.9 Å². The molecular formula is C18H15Cl2N3O5S. The number of nitrogens with zero attached hydrogens (tertiary/aromatic N) is 3. The Morgan fingerprint density at radius 3 is 2.76 bits per heavy atom. The summed E-state index contributed by atoms with van der Waals surface area (Å²) in [5, 5.41) is 11.8. The van der Waals surface area contributed by atoms with E-state index < -0.39 is 10.8 Å². The predicted molar refractivity (Wildman–Crippen MR) is 111 cm³/mol. The van der Waals surface area contributed by atoms with Gasteiger partial charge in [0.2, 0.25) is 0 Å². The molecule has 0 radical (unpaired) electrons. The molecule has 0 N–H and O–H groups in total. The summed E-state index contributed by atoms with van der Waals surface area (Å²) < 4.78 is 13.0. The number of hydrogen-bond acceptors (Lipinski definition) is 6. The van der Waals surface area contributed by atoms with Gasteiger partial charge in [-0.25, -0.2) is 0 Å². The number of non-ortho nitro benzene ring substituents is 1. The van der Waals surface area contributed by atoms with E-state index in [1.165, 1.54) is 29.5 Å². The molecule has 1 aromatic heterocycles. The van der Waals surface area contributed by atoms with Crippen LogP contribution in [0.15, 0.2) is 41.4 Å². The molecular weight excluding hydrogens is 441 g/mol. The molecule has 0 fully saturated rings. The van der Waals surface area contributed by atoms with Crippen molar-refractivity contribution in [2.45, 2.75) is 6.54 Å². The van der Waals surface area contributed by atoms with Crippen LogP contribution in [0.4, 0.5) is 5.69 Å². The smallest absolute Gasteiger partial charge is 0.286 e. The fourth-order valence-electron chi connectivity index (χ4n) is 2.53. The van der Waals surface area contributed by atoms with Gasteiger partial charge in [-0.3, -0.25) is 14.9 Å². The Labute approximate surface area is 179 Å². The molecule has 0 bridgehead atoms. The number of halogens is 2. The first-order valence-electron chi connectivity index (χ1n) is 8.31. The Morgan fingerprint density at radius 2 is 2.07 bits per heavy atom. The second-order valence-electron chi connectivity index (χ2n) is 5.81. The van der Waals surface area contributed by atoms with Crippen LogP contribution in [0.1, 0.15) is 0 Å². The summed E-state index contributed by atoms with van der Waals surface area (Å²) in [7, 11) is 1.56. The predicted octanol–water partition coefficient (Wildman–Crippen LogP) is 4.07. The van der Waals surface area contributed by atoms with E-state index in [2.05, 4.69) is 4.99 Å². The molecule has 0 spiro atoms. The number of amides is 1. The summed E-state index contributed by atoms with van der Waals surface area (Å²) in [5.41, 5.74) is 0.696. The van der Waals surface area contributed by atoms with Gasteiger partial charge in [0.1, 0.15) is 5.75 Å². The molecule has 1 amide bonds. The van der Waals surface area contributed by atoms with Crippen LogP contribution in [0, 0.1) is 10.1 Å². The minimum absolute atomic E-state index is 0.0313. The number of hydrogen-bond donors (Lipinski definition) is 0. The second kappa shape index (κ2) is 9.36. The molecule has 29 heavy (non-hydrogen) atoms. The average molecular weight is 456 g/mol. The van der Waals surface area contributed by atoms with Crippen LogP contribution in [-0.2, 0) is 16.1 Å². The van der Waals surface area contributed by atoms with Crippen LogP contribution in [0.2, 0.25) is 10.0 Å². The van der Waals surface area contributed by atoms with E-state index in [0.29, 0.717) is 33.4 Å². The van der Waals surface area contributed by atoms with Gasteiger partial charge in [-0.2, -0.15) is 4.99 Å². The van der Waals surface area contributed by atoms with Crippen molar-refractivity contribution < 1.29 is 19.2 Å². The number of nitro benzene ring substituents is 1. The maximum Gasteiger partial charge on any atom is 0.286 e. The standard InChI is InChI=1S/C18H15Cl2N3O5S/c1-27-7-6-22-14-4-3-12(23(25)26)9-16(14)29-18(22)21-17(24)10-28-15-5-2-11(19)8-13(15)20/h2-5,8-9H,6-7,10H2,1H3. The monoisotopic (exact) mass is 455 g/mol. The zero-order valence-electron chi connectivity index (χ0n) is 15.1. The molecule has 3 aromatic rings. The van der Waals surface area contributed by atoms with Gasteiger partial charge in [0.25, 0.3) is 11.6 Å². The van der Waals surface area contributed by atoms with Crippen LogP contribution in [-0.4, -0.2) is 35.7 Å². The van der Waals surface area contributed by atoms with Crippen LogP contribution in [0.5, 0.6) is 5.75 Å². The number of ether oxygens (including phenoxy) is 2. The molecule has 3 rings (SSSR count). The summed E-state index contributed by atoms with van der Waals surface area (Å²) in [6.07, 6.45) is 0. The largest absolute Gasteiger partial charge is 0.482 e. The Kier molecular flexibility index (Phi) is 6.86. The Hall–Kier alpha value is -2.46. The fraction of sp³-hybridized carbons (Fsp3) is 0.222. The number of thiazole rings is 1. The molecule has 152 valence electrons. The van der Waals surface area contributed by atoms with Crippen LogP contribution in [0.25, 0.3) is 10.2 Å². The number of carbonyl (C=O) groups is 1. The number of rotatable bonds is 7. The molecule has 0 saturated heterocycles. The van der Waals surface area contributed by atoms with Crippen molar-refractivity contribution in [3.05, 3.63) is 61.4 Å². The molecule has 0 atom stereocenters. The summed E-state index contributed by atoms with van der Waals surface area (Å²) in [6, 6.07) is 9.18. The van der Waals surface area contributed by atoms with E-state index in [-0.39, 0.29) is 17.3 Å². The van der Waals surface area contributed by atoms with Crippen LogP contribution < -0.4 is 9.54 Å². The maximum absolute atomic E-state index is 12.3. The SMILES string of the molecule is COCCn1c(=NC(=O)COc2ccc(Cl)cc2Cl)sc2cc([N+](=O)[O-])ccc21. The van der Waals surface area contributed by atoms with Crippen molar-refractivity contribution >= 4 is 56.3 Å². The molecule has 0 saturated carbocycles. The number of nitro groups is 1. The summed E-state index contributed by atoms with van der Waals surface area (Å²) >= 11 is 13.0. The minimum atomic E-state index is -0.525. The first kappa shape index (κ1) is 21.3. The summed E-state index contributed by atoms with van der Waals surface area (Å²) in [6.45, 7) is 0.505. The lowest BCUT2D eigenvalue weighted by Crippen LogP contribution is -2.21. The number of aromatic nitrogens is 1. The second-order valence-corrected chi connectivity index (χ2v) is 7.66. The number of carbonyl (C=O) groups excluding carboxylic acids is 1. The minimum Gasteiger partial charge on any atom is -0.482 e. The van der Waals surface area contributed by atoms with Gasteiger partial charge in [0.15, 0.2) is 11.4 Å². The lowest BCUT2D eigenvalue weighted by molar-refractivity contribution is -0.384. The van der Waals surface area contributed by atoms with E-state index in [1.807, 2.05) is 0 Å². The van der Waals surface area contributed by atoms with Crippen molar-refractivity contribution in [3.8, 4) is 5.75 Å². The highest BCUT2D eigenvalue weighted by Gasteiger charge is 2.13. The fourth-order valence-corrected chi connectivity index (χ4v) is 4.10. The first-order chi connectivity index (χ1) is 13.9. The van der Waals surface area contributed by atoms with Gasteiger partial charge >= 0.3 is 0 Å². The Bertz CT molecular complexity index is 1140. The number of fused-ring (bicyclic) bond motifs is 1. The molecule has 8 nitrogen and oxygen atoms in total. The molecule has 11 heteroatoms. The Morgan fingerprint density at radius 1 is 1.28 bits per heavy atom. The van der Waals surface area contributed by atoms with E-state index in [1.54, 1.807) is 29.9 Å². The molecule has 0 aliphatic heterocycles. The highest BCUT2D eigenvalue weighted by atomic mass is 35.5. The van der Waals surface area contributed by atoms with Crippen molar-refractivity contribution in [3.63, 3.8) is 0 Å². The van der Waals surface area contributed by atoms with Crippen molar-refractivity contribution in [2.24, 2.45) is 4.99 Å². The highest BCUT2D eigenvalue weighted by molar-refractivity contribution is 7.16. The average Bonchev–Trinajstić information content (AvgIpc) is 3.01. The number of methoxy groups -OCH3 is 1. The third kappa shape index (κ3) is 5.13. The maximum atomic E-state index is 12.3. The third-order valence-electron chi connectivity index (χ3n) is 3.86. The first-order valence-corrected chi connectivity index (χ1v) is 9.88. The van der Waals surface area contributed by atoms with Crippen LogP contribution in [0.3, 0.4) is 0 Å². The van der Waals surface area contributed by atoms with Gasteiger partial charge in [0, 0.05) is 30.8 Å². The van der Waals surface area contributed by atoms with Gasteiger partial charge in [-0.15, -0.1) is 0 Å². The molecule has 1 heterocycles. The lowest BCUT2D eigenvalue weighted by atomic mass is 10.3.